The average Bonchev–Trinajstić information content (AvgIpc) is 2.60. The van der Waals surface area contributed by atoms with Gasteiger partial charge in [-0.25, -0.2) is 4.79 Å². The van der Waals surface area contributed by atoms with Crippen LogP contribution in [-0.2, 0) is 7.05 Å². The molecule has 5 nitrogen and oxygen atoms in total. The predicted octanol–water partition coefficient (Wildman–Crippen LogP) is 3.42. The first-order valence-corrected chi connectivity index (χ1v) is 7.77. The molecule has 0 aliphatic carbocycles. The molecular weight excluding hydrogens is 302 g/mol. The van der Waals surface area contributed by atoms with Gasteiger partial charge in [0.1, 0.15) is 0 Å². The number of aromatic nitrogens is 1. The van der Waals surface area contributed by atoms with Crippen LogP contribution in [0.25, 0.3) is 10.8 Å². The van der Waals surface area contributed by atoms with Crippen molar-refractivity contribution in [2.24, 2.45) is 7.05 Å². The van der Waals surface area contributed by atoms with Crippen molar-refractivity contribution < 1.29 is 4.79 Å². The van der Waals surface area contributed by atoms with Crippen molar-refractivity contribution in [3.63, 3.8) is 0 Å². The fraction of sp³-hybridized carbons (Fsp3) is 0.158. The second-order valence-corrected chi connectivity index (χ2v) is 5.74. The molecule has 2 N–H and O–H groups in total. The van der Waals surface area contributed by atoms with Crippen LogP contribution in [0.4, 0.5) is 10.5 Å². The summed E-state index contributed by atoms with van der Waals surface area (Å²) in [4.78, 5) is 24.5. The Morgan fingerprint density at radius 3 is 2.33 bits per heavy atom. The third-order valence-corrected chi connectivity index (χ3v) is 3.99. The Hall–Kier alpha value is -3.08. The highest BCUT2D eigenvalue weighted by atomic mass is 16.2. The van der Waals surface area contributed by atoms with E-state index in [4.69, 9.17) is 0 Å². The number of hydrogen-bond donors (Lipinski definition) is 2. The third-order valence-electron chi connectivity index (χ3n) is 3.99. The number of urea groups is 1. The van der Waals surface area contributed by atoms with E-state index in [-0.39, 0.29) is 17.6 Å². The topological polar surface area (TPSA) is 63.1 Å². The summed E-state index contributed by atoms with van der Waals surface area (Å²) in [5, 5.41) is 7.05. The number of benzene rings is 2. The minimum Gasteiger partial charge on any atom is -0.331 e. The van der Waals surface area contributed by atoms with Gasteiger partial charge >= 0.3 is 6.03 Å². The maximum absolute atomic E-state index is 12.3. The van der Waals surface area contributed by atoms with Crippen LogP contribution in [0, 0.1) is 0 Å². The van der Waals surface area contributed by atoms with Gasteiger partial charge in [0.05, 0.1) is 11.7 Å². The van der Waals surface area contributed by atoms with Gasteiger partial charge in [-0.1, -0.05) is 48.5 Å². The van der Waals surface area contributed by atoms with Gasteiger partial charge in [-0.3, -0.25) is 4.79 Å². The molecule has 3 aromatic rings. The number of anilines is 1. The summed E-state index contributed by atoms with van der Waals surface area (Å²) in [7, 11) is 1.67. The molecule has 0 saturated carbocycles. The number of carbonyl (C=O) groups is 1. The van der Waals surface area contributed by atoms with E-state index in [1.807, 2.05) is 55.5 Å². The first-order valence-electron chi connectivity index (χ1n) is 7.77. The minimum absolute atomic E-state index is 0.0887. The molecular formula is C19H19N3O2. The molecule has 3 rings (SSSR count). The van der Waals surface area contributed by atoms with E-state index in [1.54, 1.807) is 19.3 Å². The van der Waals surface area contributed by atoms with E-state index in [0.717, 1.165) is 10.9 Å². The normalized spacial score (nSPS) is 11.9. The van der Waals surface area contributed by atoms with Gasteiger partial charge < -0.3 is 15.2 Å². The number of amides is 2. The molecule has 0 aliphatic heterocycles. The summed E-state index contributed by atoms with van der Waals surface area (Å²) in [6.07, 6.45) is 1.64. The average molecular weight is 321 g/mol. The highest BCUT2D eigenvalue weighted by Gasteiger charge is 2.12. The molecule has 2 aromatic carbocycles. The van der Waals surface area contributed by atoms with E-state index >= 15 is 0 Å². The van der Waals surface area contributed by atoms with E-state index in [9.17, 15) is 9.59 Å². The van der Waals surface area contributed by atoms with E-state index in [2.05, 4.69) is 10.6 Å². The Kier molecular flexibility index (Phi) is 4.33. The van der Waals surface area contributed by atoms with Gasteiger partial charge in [-0.05, 0) is 18.6 Å². The number of hydrogen-bond acceptors (Lipinski definition) is 2. The van der Waals surface area contributed by atoms with Gasteiger partial charge in [-0.15, -0.1) is 0 Å². The quantitative estimate of drug-likeness (QED) is 0.776. The standard InChI is InChI=1S/C19H19N3O2/c1-13(14-8-4-3-5-9-14)20-19(24)21-17-12-22(2)18(23)16-11-7-6-10-15(16)17/h3-13H,1-2H3,(H2,20,21,24)/t13-/m1/s1. The van der Waals surface area contributed by atoms with E-state index < -0.39 is 0 Å². The van der Waals surface area contributed by atoms with Crippen molar-refractivity contribution in [1.82, 2.24) is 9.88 Å². The highest BCUT2D eigenvalue weighted by molar-refractivity contribution is 6.01. The number of fused-ring (bicyclic) bond motifs is 1. The molecule has 0 fully saturated rings. The molecule has 1 heterocycles. The van der Waals surface area contributed by atoms with Gasteiger partial charge in [0.15, 0.2) is 0 Å². The minimum atomic E-state index is -0.310. The molecule has 24 heavy (non-hydrogen) atoms. The van der Waals surface area contributed by atoms with Crippen molar-refractivity contribution >= 4 is 22.5 Å². The Morgan fingerprint density at radius 1 is 1.00 bits per heavy atom. The highest BCUT2D eigenvalue weighted by Crippen LogP contribution is 2.20. The summed E-state index contributed by atoms with van der Waals surface area (Å²) in [5.41, 5.74) is 1.54. The molecule has 0 bridgehead atoms. The Bertz CT molecular complexity index is 932. The molecule has 5 heteroatoms. The first-order chi connectivity index (χ1) is 11.6. The van der Waals surface area contributed by atoms with Crippen LogP contribution < -0.4 is 16.2 Å². The monoisotopic (exact) mass is 321 g/mol. The molecule has 1 atom stereocenters. The van der Waals surface area contributed by atoms with Crippen molar-refractivity contribution in [3.05, 3.63) is 76.7 Å². The van der Waals surface area contributed by atoms with Crippen molar-refractivity contribution in [3.8, 4) is 0 Å². The van der Waals surface area contributed by atoms with Crippen LogP contribution in [-0.4, -0.2) is 10.6 Å². The second-order valence-electron chi connectivity index (χ2n) is 5.74. The number of rotatable bonds is 3. The predicted molar refractivity (Wildman–Crippen MR) is 96.2 cm³/mol. The van der Waals surface area contributed by atoms with E-state index in [0.29, 0.717) is 11.1 Å². The van der Waals surface area contributed by atoms with Crippen LogP contribution >= 0.6 is 0 Å². The largest absolute Gasteiger partial charge is 0.331 e. The maximum Gasteiger partial charge on any atom is 0.319 e. The molecule has 0 saturated heterocycles. The zero-order valence-corrected chi connectivity index (χ0v) is 13.6. The van der Waals surface area contributed by atoms with Gasteiger partial charge in [-0.2, -0.15) is 0 Å². The fourth-order valence-corrected chi connectivity index (χ4v) is 2.70. The Labute approximate surface area is 139 Å². The molecule has 0 spiro atoms. The molecule has 0 aliphatic rings. The summed E-state index contributed by atoms with van der Waals surface area (Å²) < 4.78 is 1.47. The lowest BCUT2D eigenvalue weighted by molar-refractivity contribution is 0.249. The number of nitrogens with one attached hydrogen (secondary N) is 2. The Balaban J connectivity index is 1.84. The zero-order chi connectivity index (χ0) is 17.1. The lowest BCUT2D eigenvalue weighted by Gasteiger charge is -2.16. The molecule has 0 radical (unpaired) electrons. The summed E-state index contributed by atoms with van der Waals surface area (Å²) >= 11 is 0. The number of pyridine rings is 1. The van der Waals surface area contributed by atoms with Gasteiger partial charge in [0, 0.05) is 24.0 Å². The number of aryl methyl sites for hydroxylation is 1. The third kappa shape index (κ3) is 3.15. The zero-order valence-electron chi connectivity index (χ0n) is 13.6. The number of nitrogens with zero attached hydrogens (tertiary/aromatic N) is 1. The number of carbonyl (C=O) groups excluding carboxylic acids is 1. The Morgan fingerprint density at radius 2 is 1.62 bits per heavy atom. The molecule has 0 unspecified atom stereocenters. The van der Waals surface area contributed by atoms with Crippen molar-refractivity contribution in [2.75, 3.05) is 5.32 Å². The molecule has 2 amide bonds. The van der Waals surface area contributed by atoms with Crippen LogP contribution in [0.15, 0.2) is 65.6 Å². The lowest BCUT2D eigenvalue weighted by Crippen LogP contribution is -2.31. The summed E-state index contributed by atoms with van der Waals surface area (Å²) in [6.45, 7) is 1.92. The smallest absolute Gasteiger partial charge is 0.319 e. The first kappa shape index (κ1) is 15.8. The van der Waals surface area contributed by atoms with E-state index in [1.165, 1.54) is 4.57 Å². The fourth-order valence-electron chi connectivity index (χ4n) is 2.70. The SMILES string of the molecule is C[C@@H](NC(=O)Nc1cn(C)c(=O)c2ccccc12)c1ccccc1. The maximum atomic E-state index is 12.3. The lowest BCUT2D eigenvalue weighted by atomic mass is 10.1. The van der Waals surface area contributed by atoms with Crippen molar-refractivity contribution in [1.29, 1.82) is 0 Å². The second kappa shape index (κ2) is 6.58. The van der Waals surface area contributed by atoms with Gasteiger partial charge in [0.2, 0.25) is 0 Å². The van der Waals surface area contributed by atoms with Crippen LogP contribution in [0.3, 0.4) is 0 Å². The molecule has 1 aromatic heterocycles. The van der Waals surface area contributed by atoms with Gasteiger partial charge in [0.25, 0.3) is 5.56 Å². The molecule has 122 valence electrons. The van der Waals surface area contributed by atoms with Crippen molar-refractivity contribution in [2.45, 2.75) is 13.0 Å². The summed E-state index contributed by atoms with van der Waals surface area (Å²) in [6, 6.07) is 16.5. The summed E-state index contributed by atoms with van der Waals surface area (Å²) in [5.74, 6) is 0. The van der Waals surface area contributed by atoms with Crippen LogP contribution in [0.2, 0.25) is 0 Å². The van der Waals surface area contributed by atoms with Crippen LogP contribution in [0.1, 0.15) is 18.5 Å². The van der Waals surface area contributed by atoms with Crippen LogP contribution in [0.5, 0.6) is 0 Å².